The summed E-state index contributed by atoms with van der Waals surface area (Å²) in [6, 6.07) is 11.9. The number of aromatic nitrogens is 1. The lowest BCUT2D eigenvalue weighted by Crippen LogP contribution is -2.11. The molecule has 0 radical (unpaired) electrons. The maximum absolute atomic E-state index is 10.5. The number of pyridine rings is 1. The van der Waals surface area contributed by atoms with E-state index < -0.39 is 6.10 Å². The number of aliphatic hydroxyl groups excluding tert-OH is 1. The third kappa shape index (κ3) is 2.04. The zero-order chi connectivity index (χ0) is 12.4. The van der Waals surface area contributed by atoms with Crippen LogP contribution < -0.4 is 0 Å². The molecular weight excluding hydrogens is 222 g/mol. The summed E-state index contributed by atoms with van der Waals surface area (Å²) >= 11 is 0. The molecule has 3 rings (SSSR count). The van der Waals surface area contributed by atoms with Gasteiger partial charge in [-0.3, -0.25) is 4.98 Å². The minimum atomic E-state index is -0.598. The second-order valence-corrected chi connectivity index (χ2v) is 4.85. The third-order valence-electron chi connectivity index (χ3n) is 3.69. The summed E-state index contributed by atoms with van der Waals surface area (Å²) in [6.45, 7) is 0. The molecule has 0 spiro atoms. The normalized spacial score (nSPS) is 16.1. The van der Waals surface area contributed by atoms with Crippen LogP contribution in [-0.4, -0.2) is 10.1 Å². The van der Waals surface area contributed by atoms with Crippen molar-refractivity contribution in [3.8, 4) is 0 Å². The van der Waals surface area contributed by atoms with Crippen LogP contribution in [0.3, 0.4) is 0 Å². The van der Waals surface area contributed by atoms with Crippen molar-refractivity contribution in [3.63, 3.8) is 0 Å². The summed E-state index contributed by atoms with van der Waals surface area (Å²) in [5.41, 5.74) is 4.50. The quantitative estimate of drug-likeness (QED) is 0.873. The molecule has 1 aromatic heterocycles. The van der Waals surface area contributed by atoms with Crippen molar-refractivity contribution in [2.24, 2.45) is 0 Å². The van der Waals surface area contributed by atoms with Gasteiger partial charge in [-0.15, -0.1) is 0 Å². The molecule has 0 amide bonds. The fourth-order valence-corrected chi connectivity index (χ4v) is 2.76. The van der Waals surface area contributed by atoms with E-state index in [-0.39, 0.29) is 0 Å². The van der Waals surface area contributed by atoms with E-state index in [4.69, 9.17) is 0 Å². The monoisotopic (exact) mass is 239 g/mol. The molecule has 0 saturated carbocycles. The minimum Gasteiger partial charge on any atom is -0.382 e. The van der Waals surface area contributed by atoms with Gasteiger partial charge in [-0.25, -0.2) is 0 Å². The molecule has 1 heterocycles. The molecule has 1 aliphatic carbocycles. The molecule has 0 fully saturated rings. The molecule has 1 unspecified atom stereocenters. The summed E-state index contributed by atoms with van der Waals surface area (Å²) < 4.78 is 0. The second-order valence-electron chi connectivity index (χ2n) is 4.85. The lowest BCUT2D eigenvalue weighted by molar-refractivity contribution is 0.214. The van der Waals surface area contributed by atoms with E-state index in [1.54, 1.807) is 6.20 Å². The molecule has 1 aliphatic rings. The van der Waals surface area contributed by atoms with E-state index in [1.807, 2.05) is 30.3 Å². The number of fused-ring (bicyclic) bond motifs is 1. The smallest absolute Gasteiger partial charge is 0.121 e. The average Bonchev–Trinajstić information content (AvgIpc) is 2.47. The highest BCUT2D eigenvalue weighted by molar-refractivity contribution is 5.40. The van der Waals surface area contributed by atoms with Gasteiger partial charge in [-0.05, 0) is 54.5 Å². The van der Waals surface area contributed by atoms with Gasteiger partial charge in [0.25, 0.3) is 0 Å². The van der Waals surface area contributed by atoms with Gasteiger partial charge in [0, 0.05) is 6.20 Å². The first-order chi connectivity index (χ1) is 8.86. The van der Waals surface area contributed by atoms with Crippen molar-refractivity contribution in [1.29, 1.82) is 0 Å². The number of benzene rings is 1. The zero-order valence-electron chi connectivity index (χ0n) is 10.3. The molecular formula is C16H17NO. The number of hydrogen-bond donors (Lipinski definition) is 1. The van der Waals surface area contributed by atoms with Crippen molar-refractivity contribution in [1.82, 2.24) is 4.98 Å². The molecule has 2 aromatic rings. The van der Waals surface area contributed by atoms with Crippen molar-refractivity contribution >= 4 is 0 Å². The molecule has 2 nitrogen and oxygen atoms in total. The molecule has 0 aliphatic heterocycles. The van der Waals surface area contributed by atoms with Gasteiger partial charge in [-0.2, -0.15) is 0 Å². The highest BCUT2D eigenvalue weighted by Gasteiger charge is 2.19. The molecule has 1 aromatic carbocycles. The van der Waals surface area contributed by atoms with Gasteiger partial charge < -0.3 is 5.11 Å². The first-order valence-corrected chi connectivity index (χ1v) is 6.56. The maximum atomic E-state index is 10.5. The summed E-state index contributed by atoms with van der Waals surface area (Å²) in [5.74, 6) is 0. The predicted molar refractivity (Wildman–Crippen MR) is 71.4 cm³/mol. The van der Waals surface area contributed by atoms with Crippen LogP contribution in [-0.2, 0) is 12.8 Å². The third-order valence-corrected chi connectivity index (χ3v) is 3.69. The first kappa shape index (κ1) is 11.4. The fourth-order valence-electron chi connectivity index (χ4n) is 2.76. The maximum Gasteiger partial charge on any atom is 0.121 e. The Hall–Kier alpha value is -1.67. The van der Waals surface area contributed by atoms with Crippen molar-refractivity contribution in [2.45, 2.75) is 31.8 Å². The second kappa shape index (κ2) is 4.91. The van der Waals surface area contributed by atoms with Crippen LogP contribution >= 0.6 is 0 Å². The van der Waals surface area contributed by atoms with Crippen LogP contribution in [0.2, 0.25) is 0 Å². The number of rotatable bonds is 2. The van der Waals surface area contributed by atoms with Crippen LogP contribution in [0.5, 0.6) is 0 Å². The van der Waals surface area contributed by atoms with Gasteiger partial charge >= 0.3 is 0 Å². The van der Waals surface area contributed by atoms with Crippen LogP contribution in [0.25, 0.3) is 0 Å². The largest absolute Gasteiger partial charge is 0.382 e. The van der Waals surface area contributed by atoms with E-state index in [0.29, 0.717) is 0 Å². The Morgan fingerprint density at radius 2 is 1.89 bits per heavy atom. The molecule has 2 heteroatoms. The average molecular weight is 239 g/mol. The number of hydrogen-bond acceptors (Lipinski definition) is 2. The Morgan fingerprint density at radius 3 is 2.72 bits per heavy atom. The van der Waals surface area contributed by atoms with Gasteiger partial charge in [0.15, 0.2) is 0 Å². The van der Waals surface area contributed by atoms with Gasteiger partial charge in [0.05, 0.1) is 5.69 Å². The van der Waals surface area contributed by atoms with E-state index in [0.717, 1.165) is 24.1 Å². The summed E-state index contributed by atoms with van der Waals surface area (Å²) in [4.78, 5) is 4.25. The summed E-state index contributed by atoms with van der Waals surface area (Å²) in [6.07, 6.45) is 5.83. The van der Waals surface area contributed by atoms with Crippen LogP contribution in [0, 0.1) is 0 Å². The molecule has 0 saturated heterocycles. The topological polar surface area (TPSA) is 33.1 Å². The van der Waals surface area contributed by atoms with Gasteiger partial charge in [0.2, 0.25) is 0 Å². The highest BCUT2D eigenvalue weighted by atomic mass is 16.3. The van der Waals surface area contributed by atoms with Crippen LogP contribution in [0.15, 0.2) is 42.6 Å². The van der Waals surface area contributed by atoms with E-state index in [2.05, 4.69) is 11.1 Å². The molecule has 92 valence electrons. The SMILES string of the molecule is OC(c1ccccn1)c1cccc2c1CCCC2. The Bertz CT molecular complexity index is 536. The Kier molecular flexibility index (Phi) is 3.11. The zero-order valence-corrected chi connectivity index (χ0v) is 10.3. The van der Waals surface area contributed by atoms with E-state index in [1.165, 1.54) is 24.0 Å². The number of aryl methyl sites for hydroxylation is 1. The van der Waals surface area contributed by atoms with Gasteiger partial charge in [-0.1, -0.05) is 24.3 Å². The fraction of sp³-hybridized carbons (Fsp3) is 0.312. The first-order valence-electron chi connectivity index (χ1n) is 6.56. The van der Waals surface area contributed by atoms with Crippen molar-refractivity contribution < 1.29 is 5.11 Å². The number of aliphatic hydroxyl groups is 1. The molecule has 1 N–H and O–H groups in total. The molecule has 18 heavy (non-hydrogen) atoms. The Balaban J connectivity index is 2.02. The Morgan fingerprint density at radius 1 is 1.00 bits per heavy atom. The van der Waals surface area contributed by atoms with Crippen LogP contribution in [0.4, 0.5) is 0 Å². The highest BCUT2D eigenvalue weighted by Crippen LogP contribution is 2.30. The summed E-state index contributed by atoms with van der Waals surface area (Å²) in [7, 11) is 0. The molecule has 1 atom stereocenters. The lowest BCUT2D eigenvalue weighted by atomic mass is 9.86. The standard InChI is InChI=1S/C16H17NO/c18-16(15-10-3-4-11-17-15)14-9-5-7-12-6-1-2-8-13(12)14/h3-5,7,9-11,16,18H,1-2,6,8H2. The van der Waals surface area contributed by atoms with Crippen molar-refractivity contribution in [2.75, 3.05) is 0 Å². The van der Waals surface area contributed by atoms with Gasteiger partial charge in [0.1, 0.15) is 6.10 Å². The lowest BCUT2D eigenvalue weighted by Gasteiger charge is -2.22. The van der Waals surface area contributed by atoms with E-state index in [9.17, 15) is 5.11 Å². The van der Waals surface area contributed by atoms with E-state index >= 15 is 0 Å². The van der Waals surface area contributed by atoms with Crippen LogP contribution in [0.1, 0.15) is 41.3 Å². The van der Waals surface area contributed by atoms with Crippen molar-refractivity contribution in [3.05, 3.63) is 65.0 Å². The Labute approximate surface area is 107 Å². The summed E-state index contributed by atoms with van der Waals surface area (Å²) in [5, 5.41) is 10.5. The minimum absolute atomic E-state index is 0.598. The number of nitrogens with zero attached hydrogens (tertiary/aromatic N) is 1. The molecule has 0 bridgehead atoms. The predicted octanol–water partition coefficient (Wildman–Crippen LogP) is 3.04.